The quantitative estimate of drug-likeness (QED) is 0.0845. The van der Waals surface area contributed by atoms with Crippen LogP contribution in [-0.2, 0) is 21.8 Å². The Morgan fingerprint density at radius 3 is 1.07 bits per heavy atom. The topological polar surface area (TPSA) is 76.7 Å². The van der Waals surface area contributed by atoms with E-state index in [2.05, 4.69) is 48.1 Å². The molecule has 2 N–H and O–H groups in total. The fourth-order valence-corrected chi connectivity index (χ4v) is 13.9. The van der Waals surface area contributed by atoms with Crippen LogP contribution in [0.4, 0.5) is 0 Å². The average molecular weight is 647 g/mol. The van der Waals surface area contributed by atoms with Gasteiger partial charge in [-0.15, -0.1) is 0 Å². The lowest BCUT2D eigenvalue weighted by Gasteiger charge is -2.38. The summed E-state index contributed by atoms with van der Waals surface area (Å²) in [6.07, 6.45) is 14.9. The van der Waals surface area contributed by atoms with Crippen LogP contribution in [0.5, 0.6) is 0 Å². The third-order valence-corrected chi connectivity index (χ3v) is 15.9. The van der Waals surface area contributed by atoms with E-state index < -0.39 is 17.6 Å². The molecule has 2 aliphatic heterocycles. The molecule has 9 nitrogen and oxygen atoms in total. The van der Waals surface area contributed by atoms with Crippen LogP contribution in [0.1, 0.15) is 105 Å². The first kappa shape index (κ1) is 39.3. The molecule has 0 aromatic rings. The minimum Gasteiger partial charge on any atom is -0.374 e. The number of piperazine rings is 2. The lowest BCUT2D eigenvalue weighted by Crippen LogP contribution is -2.59. The summed E-state index contributed by atoms with van der Waals surface area (Å²) in [6.45, 7) is 22.4. The lowest BCUT2D eigenvalue weighted by atomic mass is 10.1. The minimum atomic E-state index is -2.92. The molecule has 0 unspecified atom stereocenters. The molecule has 0 aliphatic carbocycles. The van der Waals surface area contributed by atoms with Gasteiger partial charge in [0, 0.05) is 90.9 Å². The summed E-state index contributed by atoms with van der Waals surface area (Å²) in [5, 5.41) is 6.88. The highest BCUT2D eigenvalue weighted by molar-refractivity contribution is 6.75. The van der Waals surface area contributed by atoms with Crippen molar-refractivity contribution in [3.05, 3.63) is 0 Å². The Hall–Kier alpha value is 0.0738. The lowest BCUT2D eigenvalue weighted by molar-refractivity contribution is 0.0487. The highest BCUT2D eigenvalue weighted by atomic mass is 28.5. The van der Waals surface area contributed by atoms with Crippen LogP contribution >= 0.6 is 0 Å². The van der Waals surface area contributed by atoms with E-state index in [0.717, 1.165) is 51.1 Å². The standard InChI is InChI=1S/C32H70N4O5Si2/c1-5-37-42(38-6-2,31-19-15-11-9-13-17-25-35-27-21-33-22-28-35)41-43(39-7-3,40-8-4)32-20-16-12-10-14-18-26-36-29-23-34-24-30-36/h33-34H,5-32H2,1-4H3. The first-order chi connectivity index (χ1) is 21.1. The van der Waals surface area contributed by atoms with Gasteiger partial charge in [0.1, 0.15) is 0 Å². The molecular weight excluding hydrogens is 577 g/mol. The van der Waals surface area contributed by atoms with Crippen LogP contribution in [0.3, 0.4) is 0 Å². The van der Waals surface area contributed by atoms with Gasteiger partial charge in [0.2, 0.25) is 0 Å². The second-order valence-electron chi connectivity index (χ2n) is 12.1. The molecule has 0 amide bonds. The number of nitrogens with zero attached hydrogens (tertiary/aromatic N) is 2. The monoisotopic (exact) mass is 646 g/mol. The normalized spacial score (nSPS) is 17.6. The number of rotatable bonds is 28. The molecule has 0 spiro atoms. The van der Waals surface area contributed by atoms with Gasteiger partial charge in [-0.3, -0.25) is 0 Å². The predicted molar refractivity (Wildman–Crippen MR) is 183 cm³/mol. The molecule has 0 bridgehead atoms. The predicted octanol–water partition coefficient (Wildman–Crippen LogP) is 5.52. The number of hydrogen-bond donors (Lipinski definition) is 2. The largest absolute Gasteiger partial charge is 0.493 e. The molecule has 0 aromatic carbocycles. The van der Waals surface area contributed by atoms with E-state index >= 15 is 0 Å². The zero-order valence-electron chi connectivity index (χ0n) is 28.7. The van der Waals surface area contributed by atoms with Gasteiger partial charge in [-0.25, -0.2) is 0 Å². The van der Waals surface area contributed by atoms with Crippen LogP contribution in [0.15, 0.2) is 0 Å². The van der Waals surface area contributed by atoms with Crippen molar-refractivity contribution in [3.63, 3.8) is 0 Å². The van der Waals surface area contributed by atoms with Crippen molar-refractivity contribution in [1.29, 1.82) is 0 Å². The van der Waals surface area contributed by atoms with Gasteiger partial charge in [-0.05, 0) is 66.5 Å². The average Bonchev–Trinajstić information content (AvgIpc) is 3.01. The molecule has 2 fully saturated rings. The Labute approximate surface area is 268 Å². The van der Waals surface area contributed by atoms with E-state index in [1.165, 1.54) is 103 Å². The van der Waals surface area contributed by atoms with Crippen LogP contribution < -0.4 is 10.6 Å². The first-order valence-electron chi connectivity index (χ1n) is 18.2. The van der Waals surface area contributed by atoms with Crippen molar-refractivity contribution in [1.82, 2.24) is 20.4 Å². The molecule has 256 valence electrons. The zero-order valence-corrected chi connectivity index (χ0v) is 30.7. The number of nitrogens with one attached hydrogen (secondary N) is 2. The van der Waals surface area contributed by atoms with E-state index in [1.54, 1.807) is 0 Å². The van der Waals surface area contributed by atoms with E-state index in [-0.39, 0.29) is 0 Å². The van der Waals surface area contributed by atoms with Gasteiger partial charge >= 0.3 is 17.6 Å². The maximum atomic E-state index is 6.98. The fourth-order valence-electron chi connectivity index (χ4n) is 6.35. The number of unbranched alkanes of at least 4 members (excludes halogenated alkanes) is 10. The third-order valence-electron chi connectivity index (χ3n) is 8.60. The molecule has 0 radical (unpaired) electrons. The van der Waals surface area contributed by atoms with E-state index in [4.69, 9.17) is 21.8 Å². The molecule has 2 rings (SSSR count). The Bertz CT molecular complexity index is 579. The SMILES string of the molecule is CCO[Si](CCCCCCCCN1CCNCC1)(OCC)O[Si](CCCCCCCCN1CCNCC1)(OCC)OCC. The van der Waals surface area contributed by atoms with Crippen molar-refractivity contribution < 1.29 is 21.8 Å². The van der Waals surface area contributed by atoms with E-state index in [1.807, 2.05) is 0 Å². The summed E-state index contributed by atoms with van der Waals surface area (Å²) in [6, 6.07) is 1.69. The molecule has 43 heavy (non-hydrogen) atoms. The third kappa shape index (κ3) is 17.5. The van der Waals surface area contributed by atoms with Gasteiger partial charge in [0.15, 0.2) is 0 Å². The summed E-state index contributed by atoms with van der Waals surface area (Å²) in [4.78, 5) is 5.20. The maximum Gasteiger partial charge on any atom is 0.493 e. The van der Waals surface area contributed by atoms with Gasteiger partial charge in [-0.1, -0.05) is 51.4 Å². The molecule has 2 aliphatic rings. The zero-order chi connectivity index (χ0) is 30.9. The Kier molecular flexibility index (Phi) is 23.0. The summed E-state index contributed by atoms with van der Waals surface area (Å²) >= 11 is 0. The highest BCUT2D eigenvalue weighted by Gasteiger charge is 2.52. The van der Waals surface area contributed by atoms with Crippen molar-refractivity contribution in [2.75, 3.05) is 91.9 Å². The van der Waals surface area contributed by atoms with E-state index in [0.29, 0.717) is 26.4 Å². The Morgan fingerprint density at radius 2 is 0.744 bits per heavy atom. The van der Waals surface area contributed by atoms with Crippen molar-refractivity contribution in [2.24, 2.45) is 0 Å². The van der Waals surface area contributed by atoms with Crippen LogP contribution in [0.2, 0.25) is 12.1 Å². The summed E-state index contributed by atoms with van der Waals surface area (Å²) in [5.41, 5.74) is 0. The maximum absolute atomic E-state index is 6.98. The summed E-state index contributed by atoms with van der Waals surface area (Å²) in [7, 11) is -5.83. The Morgan fingerprint density at radius 1 is 0.442 bits per heavy atom. The molecule has 11 heteroatoms. The smallest absolute Gasteiger partial charge is 0.374 e. The molecule has 2 saturated heterocycles. The van der Waals surface area contributed by atoms with Gasteiger partial charge in [-0.2, -0.15) is 0 Å². The molecule has 0 aromatic heterocycles. The van der Waals surface area contributed by atoms with Crippen molar-refractivity contribution in [2.45, 2.75) is 117 Å². The summed E-state index contributed by atoms with van der Waals surface area (Å²) < 4.78 is 32.6. The van der Waals surface area contributed by atoms with Gasteiger partial charge < -0.3 is 42.3 Å². The summed E-state index contributed by atoms with van der Waals surface area (Å²) in [5.74, 6) is 0. The van der Waals surface area contributed by atoms with Crippen LogP contribution in [0, 0.1) is 0 Å². The van der Waals surface area contributed by atoms with Crippen LogP contribution in [0.25, 0.3) is 0 Å². The fraction of sp³-hybridized carbons (Fsp3) is 1.00. The van der Waals surface area contributed by atoms with Gasteiger partial charge in [0.05, 0.1) is 0 Å². The van der Waals surface area contributed by atoms with Crippen molar-refractivity contribution >= 4 is 17.6 Å². The molecular formula is C32H70N4O5Si2. The number of hydrogen-bond acceptors (Lipinski definition) is 9. The second kappa shape index (κ2) is 25.2. The van der Waals surface area contributed by atoms with Crippen molar-refractivity contribution in [3.8, 4) is 0 Å². The van der Waals surface area contributed by atoms with Gasteiger partial charge in [0.25, 0.3) is 0 Å². The molecule has 0 atom stereocenters. The van der Waals surface area contributed by atoms with Crippen LogP contribution in [-0.4, -0.2) is 119 Å². The second-order valence-corrected chi connectivity index (χ2v) is 17.8. The first-order valence-corrected chi connectivity index (χ1v) is 22.1. The highest BCUT2D eigenvalue weighted by Crippen LogP contribution is 2.30. The minimum absolute atomic E-state index is 0.592. The Balaban J connectivity index is 1.76. The van der Waals surface area contributed by atoms with E-state index in [9.17, 15) is 0 Å². The molecule has 2 heterocycles. The molecule has 0 saturated carbocycles.